The zero-order valence-corrected chi connectivity index (χ0v) is 15.5. The lowest BCUT2D eigenvalue weighted by Crippen LogP contribution is -2.49. The standard InChI is InChI=1S/C17H22N4O2S2/c22-15(19-20-17(24)18-12-5-1-2-6-12)9-10-21-13-7-3-4-8-14(13)25-11-16(21)23/h3-4,7-8,12H,1-2,5-6,9-11H2,(H,19,22)(H2,18,20,24). The van der Waals surface area contributed by atoms with Gasteiger partial charge in [0.25, 0.3) is 0 Å². The molecule has 0 saturated heterocycles. The van der Waals surface area contributed by atoms with Crippen molar-refractivity contribution in [2.24, 2.45) is 0 Å². The van der Waals surface area contributed by atoms with E-state index in [4.69, 9.17) is 12.2 Å². The highest BCUT2D eigenvalue weighted by Crippen LogP contribution is 2.34. The van der Waals surface area contributed by atoms with E-state index in [0.717, 1.165) is 23.4 Å². The molecule has 0 atom stereocenters. The normalized spacial score (nSPS) is 17.1. The van der Waals surface area contributed by atoms with Crippen molar-refractivity contribution in [1.29, 1.82) is 0 Å². The Balaban J connectivity index is 1.44. The molecule has 3 rings (SSSR count). The number of thioether (sulfide) groups is 1. The summed E-state index contributed by atoms with van der Waals surface area (Å²) in [6.07, 6.45) is 4.88. The van der Waals surface area contributed by atoms with Crippen molar-refractivity contribution in [2.75, 3.05) is 17.2 Å². The Morgan fingerprint density at radius 2 is 2.00 bits per heavy atom. The molecular formula is C17H22N4O2S2. The number of nitrogens with one attached hydrogen (secondary N) is 3. The zero-order chi connectivity index (χ0) is 17.6. The number of benzene rings is 1. The highest BCUT2D eigenvalue weighted by atomic mass is 32.2. The predicted octanol–water partition coefficient (Wildman–Crippen LogP) is 1.95. The first-order chi connectivity index (χ1) is 12.1. The fourth-order valence-corrected chi connectivity index (χ4v) is 4.25. The Labute approximate surface area is 157 Å². The number of nitrogens with zero attached hydrogens (tertiary/aromatic N) is 1. The van der Waals surface area contributed by atoms with Gasteiger partial charge in [0.15, 0.2) is 5.11 Å². The molecule has 134 valence electrons. The molecule has 1 aliphatic carbocycles. The number of fused-ring (bicyclic) bond motifs is 1. The van der Waals surface area contributed by atoms with Crippen molar-refractivity contribution in [3.05, 3.63) is 24.3 Å². The number of carbonyl (C=O) groups is 2. The van der Waals surface area contributed by atoms with Crippen molar-refractivity contribution in [2.45, 2.75) is 43.0 Å². The second kappa shape index (κ2) is 8.53. The van der Waals surface area contributed by atoms with Crippen molar-refractivity contribution in [1.82, 2.24) is 16.2 Å². The second-order valence-corrected chi connectivity index (χ2v) is 7.61. The van der Waals surface area contributed by atoms with Crippen LogP contribution in [0, 0.1) is 0 Å². The van der Waals surface area contributed by atoms with Crippen LogP contribution in [0.3, 0.4) is 0 Å². The molecule has 1 fully saturated rings. The SMILES string of the molecule is O=C(CCN1C(=O)CSc2ccccc21)NNC(=S)NC1CCCC1. The average Bonchev–Trinajstić information content (AvgIpc) is 3.12. The van der Waals surface area contributed by atoms with Gasteiger partial charge in [-0.2, -0.15) is 0 Å². The molecule has 1 saturated carbocycles. The van der Waals surface area contributed by atoms with Gasteiger partial charge in [-0.1, -0.05) is 25.0 Å². The molecule has 25 heavy (non-hydrogen) atoms. The number of hydrogen-bond acceptors (Lipinski definition) is 4. The van der Waals surface area contributed by atoms with Crippen molar-refractivity contribution >= 4 is 46.6 Å². The molecule has 8 heteroatoms. The number of anilines is 1. The molecular weight excluding hydrogens is 356 g/mol. The molecule has 1 aromatic carbocycles. The minimum absolute atomic E-state index is 0.0304. The largest absolute Gasteiger partial charge is 0.359 e. The lowest BCUT2D eigenvalue weighted by Gasteiger charge is -2.28. The van der Waals surface area contributed by atoms with Gasteiger partial charge in [0.05, 0.1) is 11.4 Å². The molecule has 1 aliphatic heterocycles. The molecule has 2 amide bonds. The van der Waals surface area contributed by atoms with Crippen LogP contribution in [0.2, 0.25) is 0 Å². The fraction of sp³-hybridized carbons (Fsp3) is 0.471. The summed E-state index contributed by atoms with van der Waals surface area (Å²) in [7, 11) is 0. The van der Waals surface area contributed by atoms with Crippen molar-refractivity contribution in [3.8, 4) is 0 Å². The summed E-state index contributed by atoms with van der Waals surface area (Å²) in [5.74, 6) is 0.244. The van der Waals surface area contributed by atoms with Gasteiger partial charge >= 0.3 is 0 Å². The van der Waals surface area contributed by atoms with Gasteiger partial charge < -0.3 is 10.2 Å². The minimum Gasteiger partial charge on any atom is -0.359 e. The summed E-state index contributed by atoms with van der Waals surface area (Å²) in [6.45, 7) is 0.354. The number of hydrazine groups is 1. The van der Waals surface area contributed by atoms with E-state index in [1.165, 1.54) is 24.6 Å². The summed E-state index contributed by atoms with van der Waals surface area (Å²) < 4.78 is 0. The van der Waals surface area contributed by atoms with Gasteiger partial charge in [-0.05, 0) is 37.2 Å². The van der Waals surface area contributed by atoms with Gasteiger partial charge in [-0.25, -0.2) is 0 Å². The maximum atomic E-state index is 12.2. The number of amides is 2. The van der Waals surface area contributed by atoms with Crippen LogP contribution in [-0.4, -0.2) is 35.3 Å². The number of para-hydroxylation sites is 1. The topological polar surface area (TPSA) is 73.5 Å². The highest BCUT2D eigenvalue weighted by molar-refractivity contribution is 8.00. The lowest BCUT2D eigenvalue weighted by molar-refractivity contribution is -0.121. The van der Waals surface area contributed by atoms with Crippen molar-refractivity contribution < 1.29 is 9.59 Å². The van der Waals surface area contributed by atoms with E-state index in [-0.39, 0.29) is 18.2 Å². The highest BCUT2D eigenvalue weighted by Gasteiger charge is 2.24. The predicted molar refractivity (Wildman–Crippen MR) is 103 cm³/mol. The van der Waals surface area contributed by atoms with Crippen LogP contribution in [0.25, 0.3) is 0 Å². The van der Waals surface area contributed by atoms with Gasteiger partial charge in [0.2, 0.25) is 11.8 Å². The molecule has 1 aromatic rings. The van der Waals surface area contributed by atoms with Crippen LogP contribution >= 0.6 is 24.0 Å². The number of thiocarbonyl (C=S) groups is 1. The average molecular weight is 379 g/mol. The van der Waals surface area contributed by atoms with E-state index in [9.17, 15) is 9.59 Å². The van der Waals surface area contributed by atoms with Gasteiger partial charge in [0, 0.05) is 23.9 Å². The molecule has 0 aromatic heterocycles. The van der Waals surface area contributed by atoms with Crippen molar-refractivity contribution in [3.63, 3.8) is 0 Å². The van der Waals surface area contributed by atoms with E-state index < -0.39 is 0 Å². The maximum Gasteiger partial charge on any atom is 0.240 e. The molecule has 0 unspecified atom stereocenters. The summed E-state index contributed by atoms with van der Waals surface area (Å²) in [5.41, 5.74) is 6.22. The fourth-order valence-electron chi connectivity index (χ4n) is 3.09. The molecule has 6 nitrogen and oxygen atoms in total. The molecule has 0 spiro atoms. The van der Waals surface area contributed by atoms with Crippen LogP contribution in [0.5, 0.6) is 0 Å². The Morgan fingerprint density at radius 3 is 2.80 bits per heavy atom. The first kappa shape index (κ1) is 18.0. The first-order valence-electron chi connectivity index (χ1n) is 8.51. The van der Waals surface area contributed by atoms with Gasteiger partial charge in [-0.3, -0.25) is 20.4 Å². The monoisotopic (exact) mass is 378 g/mol. The Morgan fingerprint density at radius 1 is 1.24 bits per heavy atom. The second-order valence-electron chi connectivity index (χ2n) is 6.18. The quantitative estimate of drug-likeness (QED) is 0.549. The Kier molecular flexibility index (Phi) is 6.14. The lowest BCUT2D eigenvalue weighted by atomic mass is 10.2. The van der Waals surface area contributed by atoms with Gasteiger partial charge in [-0.15, -0.1) is 11.8 Å². The molecule has 1 heterocycles. The Hall–Kier alpha value is -1.80. The minimum atomic E-state index is -0.195. The number of carbonyl (C=O) groups excluding carboxylic acids is 2. The molecule has 2 aliphatic rings. The summed E-state index contributed by atoms with van der Waals surface area (Å²) in [4.78, 5) is 27.0. The maximum absolute atomic E-state index is 12.2. The number of rotatable bonds is 4. The van der Waals surface area contributed by atoms with Crippen LogP contribution in [0.4, 0.5) is 5.69 Å². The van der Waals surface area contributed by atoms with E-state index in [0.29, 0.717) is 23.5 Å². The smallest absolute Gasteiger partial charge is 0.240 e. The molecule has 0 bridgehead atoms. The summed E-state index contributed by atoms with van der Waals surface area (Å²) >= 11 is 6.72. The summed E-state index contributed by atoms with van der Waals surface area (Å²) in [5, 5.41) is 3.64. The van der Waals surface area contributed by atoms with Crippen LogP contribution in [0.15, 0.2) is 29.2 Å². The number of hydrogen-bond donors (Lipinski definition) is 3. The third-order valence-corrected chi connectivity index (χ3v) is 5.64. The van der Waals surface area contributed by atoms with Crippen LogP contribution < -0.4 is 21.1 Å². The molecule has 3 N–H and O–H groups in total. The van der Waals surface area contributed by atoms with E-state index >= 15 is 0 Å². The van der Waals surface area contributed by atoms with E-state index in [2.05, 4.69) is 16.2 Å². The van der Waals surface area contributed by atoms with E-state index in [1.54, 1.807) is 4.90 Å². The Bertz CT molecular complexity index is 662. The first-order valence-corrected chi connectivity index (χ1v) is 9.90. The zero-order valence-electron chi connectivity index (χ0n) is 13.9. The van der Waals surface area contributed by atoms with Crippen LogP contribution in [0.1, 0.15) is 32.1 Å². The van der Waals surface area contributed by atoms with Gasteiger partial charge in [0.1, 0.15) is 0 Å². The molecule has 0 radical (unpaired) electrons. The third-order valence-electron chi connectivity index (χ3n) is 4.38. The summed E-state index contributed by atoms with van der Waals surface area (Å²) in [6, 6.07) is 8.16. The van der Waals surface area contributed by atoms with E-state index in [1.807, 2.05) is 24.3 Å². The third kappa shape index (κ3) is 4.85. The van der Waals surface area contributed by atoms with Crippen LogP contribution in [-0.2, 0) is 9.59 Å².